The van der Waals surface area contributed by atoms with Gasteiger partial charge in [-0.3, -0.25) is 19.1 Å². The fourth-order valence-corrected chi connectivity index (χ4v) is 10.9. The third-order valence-electron chi connectivity index (χ3n) is 12.9. The number of carbonyl (C=O) groups is 4. The molecule has 4 amide bonds. The maximum absolute atomic E-state index is 14.8. The SMILES string of the molecule is C=C[C@H]1C[C@]1(NC(=O)[C@@H]1C[C@@H]2CN1C(=O)[C@H](C1CCCC1)NC(=O)O[C@@H]1CCC[C@H]1CCCCCc1nc3ccccc3cc1O2)C(=O)NS(=O)(=O)C1CC1. The lowest BCUT2D eigenvalue weighted by molar-refractivity contribution is -0.142. The monoisotopic (exact) mass is 775 g/mol. The van der Waals surface area contributed by atoms with Crippen LogP contribution in [0.25, 0.3) is 10.9 Å². The number of rotatable bonds is 7. The van der Waals surface area contributed by atoms with Crippen LogP contribution in [0.2, 0.25) is 0 Å². The van der Waals surface area contributed by atoms with Gasteiger partial charge in [0.05, 0.1) is 23.0 Å². The molecule has 1 aromatic carbocycles. The molecule has 5 fully saturated rings. The lowest BCUT2D eigenvalue weighted by Gasteiger charge is -2.32. The number of carbonyl (C=O) groups excluding carboxylic acids is 4. The molecule has 2 aromatic rings. The molecule has 2 aliphatic heterocycles. The van der Waals surface area contributed by atoms with Gasteiger partial charge in [0.15, 0.2) is 0 Å². The van der Waals surface area contributed by atoms with Gasteiger partial charge in [-0.25, -0.2) is 18.2 Å². The predicted molar refractivity (Wildman–Crippen MR) is 204 cm³/mol. The summed E-state index contributed by atoms with van der Waals surface area (Å²) in [6.45, 7) is 3.88. The van der Waals surface area contributed by atoms with Crippen LogP contribution in [0.3, 0.4) is 0 Å². The van der Waals surface area contributed by atoms with Crippen molar-refractivity contribution in [3.8, 4) is 5.75 Å². The summed E-state index contributed by atoms with van der Waals surface area (Å²) >= 11 is 0. The molecule has 7 atom stereocenters. The third-order valence-corrected chi connectivity index (χ3v) is 14.7. The van der Waals surface area contributed by atoms with E-state index in [9.17, 15) is 27.6 Å². The second-order valence-corrected chi connectivity index (χ2v) is 18.7. The fraction of sp³-hybridized carbons (Fsp3) is 0.634. The van der Waals surface area contributed by atoms with E-state index in [1.54, 1.807) is 6.08 Å². The fourth-order valence-electron chi connectivity index (χ4n) is 9.50. The predicted octanol–water partition coefficient (Wildman–Crippen LogP) is 4.82. The lowest BCUT2D eigenvalue weighted by atomic mass is 9.96. The number of alkyl carbamates (subject to hydrolysis) is 1. The van der Waals surface area contributed by atoms with Gasteiger partial charge in [0.25, 0.3) is 5.91 Å². The van der Waals surface area contributed by atoms with Gasteiger partial charge in [-0.2, -0.15) is 0 Å². The van der Waals surface area contributed by atoms with E-state index in [-0.39, 0.29) is 37.3 Å². The van der Waals surface area contributed by atoms with Gasteiger partial charge in [-0.15, -0.1) is 6.58 Å². The minimum Gasteiger partial charge on any atom is -0.487 e. The van der Waals surface area contributed by atoms with Gasteiger partial charge in [-0.1, -0.05) is 50.0 Å². The van der Waals surface area contributed by atoms with Crippen LogP contribution in [0.1, 0.15) is 102 Å². The first-order chi connectivity index (χ1) is 26.5. The highest BCUT2D eigenvalue weighted by atomic mass is 32.2. The first-order valence-electron chi connectivity index (χ1n) is 20.4. The zero-order valence-corrected chi connectivity index (χ0v) is 32.2. The van der Waals surface area contributed by atoms with Crippen molar-refractivity contribution < 1.29 is 37.1 Å². The summed E-state index contributed by atoms with van der Waals surface area (Å²) < 4.78 is 40.5. The second kappa shape index (κ2) is 15.4. The number of amides is 4. The van der Waals surface area contributed by atoms with Crippen molar-refractivity contribution in [1.82, 2.24) is 25.2 Å². The molecule has 3 heterocycles. The van der Waals surface area contributed by atoms with E-state index in [4.69, 9.17) is 14.5 Å². The largest absolute Gasteiger partial charge is 0.487 e. The van der Waals surface area contributed by atoms with Crippen LogP contribution in [0.5, 0.6) is 5.75 Å². The van der Waals surface area contributed by atoms with Gasteiger partial charge in [-0.05, 0) is 94.6 Å². The molecule has 1 aromatic heterocycles. The van der Waals surface area contributed by atoms with E-state index in [1.165, 1.54) is 4.90 Å². The number of benzene rings is 1. The zero-order chi connectivity index (χ0) is 38.3. The first kappa shape index (κ1) is 37.7. The van der Waals surface area contributed by atoms with E-state index in [1.807, 2.05) is 30.3 Å². The summed E-state index contributed by atoms with van der Waals surface area (Å²) in [5, 5.41) is 6.13. The summed E-state index contributed by atoms with van der Waals surface area (Å²) in [5.41, 5.74) is 0.172. The van der Waals surface area contributed by atoms with Crippen LogP contribution in [0, 0.1) is 17.8 Å². The lowest BCUT2D eigenvalue weighted by Crippen LogP contribution is -2.59. The third kappa shape index (κ3) is 7.93. The summed E-state index contributed by atoms with van der Waals surface area (Å²) in [6.07, 6.45) is 12.0. The Kier molecular flexibility index (Phi) is 10.5. The van der Waals surface area contributed by atoms with Gasteiger partial charge in [0, 0.05) is 17.7 Å². The average Bonchev–Trinajstić information content (AvgIpc) is 3.95. The van der Waals surface area contributed by atoms with Crippen molar-refractivity contribution in [2.45, 2.75) is 138 Å². The number of aromatic nitrogens is 1. The van der Waals surface area contributed by atoms with Gasteiger partial charge < -0.3 is 25.0 Å². The van der Waals surface area contributed by atoms with Crippen molar-refractivity contribution in [2.75, 3.05) is 6.54 Å². The van der Waals surface area contributed by atoms with Crippen molar-refractivity contribution in [2.24, 2.45) is 17.8 Å². The Hall–Kier alpha value is -4.20. The van der Waals surface area contributed by atoms with Gasteiger partial charge >= 0.3 is 6.09 Å². The number of hydrogen-bond donors (Lipinski definition) is 3. The molecule has 8 rings (SSSR count). The Morgan fingerprint density at radius 1 is 0.945 bits per heavy atom. The van der Waals surface area contributed by atoms with E-state index in [0.717, 1.165) is 87.2 Å². The molecule has 14 heteroatoms. The molecule has 2 bridgehead atoms. The normalized spacial score (nSPS) is 31.9. The minimum absolute atomic E-state index is 0.0635. The average molecular weight is 776 g/mol. The number of fused-ring (bicyclic) bond motifs is 5. The van der Waals surface area contributed by atoms with Crippen LogP contribution in [0.4, 0.5) is 4.79 Å². The van der Waals surface area contributed by atoms with Crippen LogP contribution in [-0.2, 0) is 35.6 Å². The van der Waals surface area contributed by atoms with Crippen molar-refractivity contribution in [3.05, 3.63) is 48.7 Å². The molecule has 0 spiro atoms. The van der Waals surface area contributed by atoms with Crippen LogP contribution in [-0.4, -0.2) is 83.7 Å². The molecule has 296 valence electrons. The number of nitrogens with one attached hydrogen (secondary N) is 3. The summed E-state index contributed by atoms with van der Waals surface area (Å²) in [7, 11) is -3.88. The Labute approximate surface area is 322 Å². The quantitative estimate of drug-likeness (QED) is 0.334. The van der Waals surface area contributed by atoms with E-state index in [2.05, 4.69) is 21.9 Å². The highest BCUT2D eigenvalue weighted by Crippen LogP contribution is 2.46. The highest BCUT2D eigenvalue weighted by Gasteiger charge is 2.62. The maximum Gasteiger partial charge on any atom is 0.408 e. The Balaban J connectivity index is 1.12. The number of pyridine rings is 1. The second-order valence-electron chi connectivity index (χ2n) is 16.7. The van der Waals surface area contributed by atoms with Gasteiger partial charge in [0.2, 0.25) is 21.8 Å². The zero-order valence-electron chi connectivity index (χ0n) is 31.4. The molecule has 4 saturated carbocycles. The van der Waals surface area contributed by atoms with E-state index >= 15 is 0 Å². The number of ether oxygens (including phenoxy) is 2. The van der Waals surface area contributed by atoms with E-state index < -0.39 is 68.7 Å². The molecular weight excluding hydrogens is 723 g/mol. The Bertz CT molecular complexity index is 1950. The van der Waals surface area contributed by atoms with Crippen molar-refractivity contribution in [3.63, 3.8) is 0 Å². The molecular formula is C41H53N5O8S. The highest BCUT2D eigenvalue weighted by molar-refractivity contribution is 7.91. The maximum atomic E-state index is 14.8. The number of nitrogens with zero attached hydrogens (tertiary/aromatic N) is 2. The standard InChI is InChI=1S/C41H53N5O8S/c1-2-28-23-41(28,39(49)45-55(51,52)30-19-20-30)44-37(47)33-22-29-24-46(33)38(48)36(26-12-6-7-13-26)43-40(50)54-34-18-10-15-25(34)11-4-3-5-17-32-35(53-29)21-27-14-8-9-16-31(27)42-32/h2,8-9,14,16,21,25-26,28-30,33-34,36H,1,3-7,10-13,15,17-20,22-24H2,(H,43,50)(H,44,47)(H,45,49)/t25-,28+,29-,33+,34-,36+,41-/m1/s1. The number of sulfonamides is 1. The molecule has 3 N–H and O–H groups in total. The van der Waals surface area contributed by atoms with Crippen molar-refractivity contribution in [1.29, 1.82) is 0 Å². The number of hydrogen-bond acceptors (Lipinski definition) is 9. The molecule has 1 saturated heterocycles. The minimum atomic E-state index is -3.88. The molecule has 0 radical (unpaired) electrons. The van der Waals surface area contributed by atoms with Crippen LogP contribution < -0.4 is 20.1 Å². The van der Waals surface area contributed by atoms with Gasteiger partial charge in [0.1, 0.15) is 35.6 Å². The molecule has 55 heavy (non-hydrogen) atoms. The topological polar surface area (TPSA) is 173 Å². The Morgan fingerprint density at radius 2 is 1.69 bits per heavy atom. The van der Waals surface area contributed by atoms with Crippen molar-refractivity contribution >= 4 is 44.7 Å². The summed E-state index contributed by atoms with van der Waals surface area (Å²) in [5.74, 6) is -1.54. The smallest absolute Gasteiger partial charge is 0.408 e. The molecule has 4 aliphatic carbocycles. The Morgan fingerprint density at radius 3 is 2.45 bits per heavy atom. The van der Waals surface area contributed by atoms with Crippen LogP contribution >= 0.6 is 0 Å². The summed E-state index contributed by atoms with van der Waals surface area (Å²) in [6, 6.07) is 7.87. The molecule has 6 aliphatic rings. The summed E-state index contributed by atoms with van der Waals surface area (Å²) in [4.78, 5) is 63.0. The first-order valence-corrected chi connectivity index (χ1v) is 21.9. The van der Waals surface area contributed by atoms with E-state index in [0.29, 0.717) is 25.0 Å². The molecule has 13 nitrogen and oxygen atoms in total. The van der Waals surface area contributed by atoms with Crippen LogP contribution in [0.15, 0.2) is 43.0 Å². The number of aryl methyl sites for hydroxylation is 1. The number of para-hydroxylation sites is 1. The molecule has 0 unspecified atom stereocenters.